The largest absolute Gasteiger partial charge is 0.462 e. The highest BCUT2D eigenvalue weighted by Crippen LogP contribution is 2.23. The van der Waals surface area contributed by atoms with Gasteiger partial charge in [-0.1, -0.05) is 20.8 Å². The van der Waals surface area contributed by atoms with Gasteiger partial charge in [0.05, 0.1) is 23.5 Å². The quantitative estimate of drug-likeness (QED) is 0.632. The number of benzene rings is 1. The number of nitrogen functional groups attached to an aromatic ring is 1. The van der Waals surface area contributed by atoms with E-state index < -0.39 is 0 Å². The van der Waals surface area contributed by atoms with E-state index in [1.165, 1.54) is 0 Å². The first-order valence-electron chi connectivity index (χ1n) is 6.64. The Bertz CT molecular complexity index is 436. The third-order valence-electron chi connectivity index (χ3n) is 2.75. The summed E-state index contributed by atoms with van der Waals surface area (Å²) < 4.78 is 4.93. The normalized spacial score (nSPS) is 11.2. The fourth-order valence-corrected chi connectivity index (χ4v) is 1.64. The third-order valence-corrected chi connectivity index (χ3v) is 2.75. The molecular formula is C15H24N2O2. The smallest absolute Gasteiger partial charge is 0.338 e. The van der Waals surface area contributed by atoms with Crippen LogP contribution in [0.4, 0.5) is 11.4 Å². The molecule has 0 aromatic heterocycles. The van der Waals surface area contributed by atoms with E-state index in [1.807, 2.05) is 6.07 Å². The van der Waals surface area contributed by atoms with Gasteiger partial charge in [0.15, 0.2) is 0 Å². The summed E-state index contributed by atoms with van der Waals surface area (Å²) in [6, 6.07) is 5.20. The van der Waals surface area contributed by atoms with E-state index >= 15 is 0 Å². The highest BCUT2D eigenvalue weighted by molar-refractivity contribution is 5.91. The zero-order valence-corrected chi connectivity index (χ0v) is 12.2. The molecule has 106 valence electrons. The summed E-state index contributed by atoms with van der Waals surface area (Å²) in [5, 5.41) is 3.29. The van der Waals surface area contributed by atoms with Crippen LogP contribution in [0.2, 0.25) is 0 Å². The van der Waals surface area contributed by atoms with Gasteiger partial charge in [0.1, 0.15) is 0 Å². The monoisotopic (exact) mass is 264 g/mol. The third kappa shape index (κ3) is 5.20. The Morgan fingerprint density at radius 1 is 1.37 bits per heavy atom. The topological polar surface area (TPSA) is 64.3 Å². The van der Waals surface area contributed by atoms with Crippen molar-refractivity contribution >= 4 is 17.3 Å². The number of ether oxygens (including phenoxy) is 1. The lowest BCUT2D eigenvalue weighted by Gasteiger charge is -2.19. The molecule has 0 unspecified atom stereocenters. The maximum Gasteiger partial charge on any atom is 0.338 e. The van der Waals surface area contributed by atoms with E-state index in [2.05, 4.69) is 26.1 Å². The minimum atomic E-state index is -0.338. The van der Waals surface area contributed by atoms with E-state index in [0.29, 0.717) is 17.9 Å². The van der Waals surface area contributed by atoms with Gasteiger partial charge in [-0.05, 0) is 37.0 Å². The molecule has 0 saturated heterocycles. The zero-order chi connectivity index (χ0) is 14.5. The predicted molar refractivity (Wildman–Crippen MR) is 79.4 cm³/mol. The lowest BCUT2D eigenvalue weighted by atomic mass is 9.92. The Morgan fingerprint density at radius 2 is 2.05 bits per heavy atom. The van der Waals surface area contributed by atoms with Gasteiger partial charge in [-0.25, -0.2) is 4.79 Å². The van der Waals surface area contributed by atoms with Crippen molar-refractivity contribution in [2.24, 2.45) is 5.41 Å². The van der Waals surface area contributed by atoms with Crippen molar-refractivity contribution in [3.8, 4) is 0 Å². The van der Waals surface area contributed by atoms with Crippen molar-refractivity contribution in [1.82, 2.24) is 0 Å². The predicted octanol–water partition coefficient (Wildman–Crippen LogP) is 3.29. The van der Waals surface area contributed by atoms with Gasteiger partial charge >= 0.3 is 5.97 Å². The molecule has 0 fully saturated rings. The van der Waals surface area contributed by atoms with Crippen molar-refractivity contribution in [3.63, 3.8) is 0 Å². The molecule has 1 aromatic carbocycles. The standard InChI is InChI=1S/C15H24N2O2/c1-5-19-14(18)11-6-7-13(12(16)10-11)17-9-8-15(2,3)4/h6-7,10,17H,5,8-9,16H2,1-4H3. The molecule has 0 aliphatic rings. The van der Waals surface area contributed by atoms with Gasteiger partial charge < -0.3 is 15.8 Å². The van der Waals surface area contributed by atoms with Crippen LogP contribution in [0.25, 0.3) is 0 Å². The summed E-state index contributed by atoms with van der Waals surface area (Å²) in [7, 11) is 0. The van der Waals surface area contributed by atoms with Gasteiger partial charge in [-0.15, -0.1) is 0 Å². The molecule has 1 rings (SSSR count). The molecule has 0 amide bonds. The minimum absolute atomic E-state index is 0.284. The Labute approximate surface area is 115 Å². The molecule has 0 saturated carbocycles. The highest BCUT2D eigenvalue weighted by Gasteiger charge is 2.11. The molecule has 4 nitrogen and oxygen atoms in total. The average molecular weight is 264 g/mol. The van der Waals surface area contributed by atoms with Crippen molar-refractivity contribution < 1.29 is 9.53 Å². The molecular weight excluding hydrogens is 240 g/mol. The van der Waals surface area contributed by atoms with Crippen LogP contribution in [0.15, 0.2) is 18.2 Å². The summed E-state index contributed by atoms with van der Waals surface area (Å²) in [6.07, 6.45) is 1.05. The Balaban J connectivity index is 2.65. The molecule has 3 N–H and O–H groups in total. The van der Waals surface area contributed by atoms with Crippen LogP contribution in [0, 0.1) is 5.41 Å². The Kier molecular flexibility index (Phi) is 5.21. The van der Waals surface area contributed by atoms with Crippen LogP contribution in [-0.4, -0.2) is 19.1 Å². The number of rotatable bonds is 5. The molecule has 1 aromatic rings. The second-order valence-electron chi connectivity index (χ2n) is 5.76. The second kappa shape index (κ2) is 6.45. The van der Waals surface area contributed by atoms with E-state index in [-0.39, 0.29) is 11.4 Å². The van der Waals surface area contributed by atoms with Crippen LogP contribution in [0.3, 0.4) is 0 Å². The number of nitrogens with two attached hydrogens (primary N) is 1. The molecule has 0 radical (unpaired) electrons. The van der Waals surface area contributed by atoms with E-state index in [1.54, 1.807) is 19.1 Å². The van der Waals surface area contributed by atoms with E-state index in [0.717, 1.165) is 18.7 Å². The number of carbonyl (C=O) groups is 1. The van der Waals surface area contributed by atoms with Crippen LogP contribution in [-0.2, 0) is 4.74 Å². The first-order valence-corrected chi connectivity index (χ1v) is 6.64. The summed E-state index contributed by atoms with van der Waals surface area (Å²) in [5.41, 5.74) is 8.13. The van der Waals surface area contributed by atoms with Crippen molar-refractivity contribution in [2.75, 3.05) is 24.2 Å². The lowest BCUT2D eigenvalue weighted by molar-refractivity contribution is 0.0526. The Hall–Kier alpha value is -1.71. The maximum absolute atomic E-state index is 11.6. The first kappa shape index (κ1) is 15.3. The van der Waals surface area contributed by atoms with Gasteiger partial charge in [-0.2, -0.15) is 0 Å². The molecule has 4 heteroatoms. The number of hydrogen-bond donors (Lipinski definition) is 2. The van der Waals surface area contributed by atoms with E-state index in [9.17, 15) is 4.79 Å². The fraction of sp³-hybridized carbons (Fsp3) is 0.533. The average Bonchev–Trinajstić information content (AvgIpc) is 2.30. The summed E-state index contributed by atoms with van der Waals surface area (Å²) >= 11 is 0. The van der Waals surface area contributed by atoms with Gasteiger partial charge in [0.25, 0.3) is 0 Å². The van der Waals surface area contributed by atoms with Crippen LogP contribution in [0.5, 0.6) is 0 Å². The Morgan fingerprint density at radius 3 is 2.58 bits per heavy atom. The fourth-order valence-electron chi connectivity index (χ4n) is 1.64. The van der Waals surface area contributed by atoms with Crippen molar-refractivity contribution in [3.05, 3.63) is 23.8 Å². The molecule has 0 spiro atoms. The van der Waals surface area contributed by atoms with Crippen molar-refractivity contribution in [2.45, 2.75) is 34.1 Å². The molecule has 0 heterocycles. The number of esters is 1. The number of carbonyl (C=O) groups excluding carboxylic acids is 1. The molecule has 0 bridgehead atoms. The molecule has 19 heavy (non-hydrogen) atoms. The molecule has 0 atom stereocenters. The summed E-state index contributed by atoms with van der Waals surface area (Å²) in [6.45, 7) is 9.59. The highest BCUT2D eigenvalue weighted by atomic mass is 16.5. The summed E-state index contributed by atoms with van der Waals surface area (Å²) in [4.78, 5) is 11.6. The number of hydrogen-bond acceptors (Lipinski definition) is 4. The van der Waals surface area contributed by atoms with Crippen LogP contribution < -0.4 is 11.1 Å². The number of nitrogens with one attached hydrogen (secondary N) is 1. The van der Waals surface area contributed by atoms with Gasteiger partial charge in [-0.3, -0.25) is 0 Å². The second-order valence-corrected chi connectivity index (χ2v) is 5.76. The van der Waals surface area contributed by atoms with Gasteiger partial charge in [0.2, 0.25) is 0 Å². The summed E-state index contributed by atoms with van der Waals surface area (Å²) in [5.74, 6) is -0.338. The number of anilines is 2. The SMILES string of the molecule is CCOC(=O)c1ccc(NCCC(C)(C)C)c(N)c1. The van der Waals surface area contributed by atoms with E-state index in [4.69, 9.17) is 10.5 Å². The first-order chi connectivity index (χ1) is 8.83. The lowest BCUT2D eigenvalue weighted by Crippen LogP contribution is -2.14. The molecule has 0 aliphatic heterocycles. The molecule has 0 aliphatic carbocycles. The van der Waals surface area contributed by atoms with Gasteiger partial charge in [0, 0.05) is 6.54 Å². The maximum atomic E-state index is 11.6. The van der Waals surface area contributed by atoms with Crippen molar-refractivity contribution in [1.29, 1.82) is 0 Å². The van der Waals surface area contributed by atoms with Crippen LogP contribution in [0.1, 0.15) is 44.5 Å². The zero-order valence-electron chi connectivity index (χ0n) is 12.2. The van der Waals surface area contributed by atoms with Crippen LogP contribution >= 0.6 is 0 Å². The minimum Gasteiger partial charge on any atom is -0.462 e.